The smallest absolute Gasteiger partial charge is 0.256 e. The quantitative estimate of drug-likeness (QED) is 0.702. The number of aromatic nitrogens is 5. The number of piperidine rings is 1. The summed E-state index contributed by atoms with van der Waals surface area (Å²) in [6.07, 6.45) is 5.32. The van der Waals surface area contributed by atoms with Gasteiger partial charge in [-0.2, -0.15) is 20.1 Å². The number of carbonyl (C=O) groups excluding carboxylic acids is 1. The first kappa shape index (κ1) is 20.0. The Balaban J connectivity index is 1.60. The number of benzene rings is 1. The maximum atomic E-state index is 13.7. The lowest BCUT2D eigenvalue weighted by atomic mass is 9.89. The Morgan fingerprint density at radius 3 is 2.67 bits per heavy atom. The fourth-order valence-electron chi connectivity index (χ4n) is 4.01. The second kappa shape index (κ2) is 8.61. The summed E-state index contributed by atoms with van der Waals surface area (Å²) in [5.41, 5.74) is 3.23. The summed E-state index contributed by atoms with van der Waals surface area (Å²) >= 11 is 0. The minimum absolute atomic E-state index is 0.0133. The molecule has 3 heterocycles. The van der Waals surface area contributed by atoms with Crippen LogP contribution in [0.5, 0.6) is 0 Å². The molecule has 4 rings (SSSR count). The first-order chi connectivity index (χ1) is 14.5. The molecule has 1 aromatic carbocycles. The molecule has 0 aliphatic carbocycles. The Morgan fingerprint density at radius 2 is 1.93 bits per heavy atom. The highest BCUT2D eigenvalue weighted by Crippen LogP contribution is 2.27. The number of likely N-dealkylation sites (tertiary alicyclic amines) is 1. The fourth-order valence-corrected chi connectivity index (χ4v) is 4.01. The summed E-state index contributed by atoms with van der Waals surface area (Å²) < 4.78 is 0. The van der Waals surface area contributed by atoms with Crippen molar-refractivity contribution >= 4 is 11.7 Å². The van der Waals surface area contributed by atoms with Gasteiger partial charge in [-0.3, -0.25) is 4.79 Å². The Morgan fingerprint density at radius 1 is 1.13 bits per heavy atom. The number of aryl methyl sites for hydroxylation is 2. The molecule has 156 valence electrons. The molecule has 1 aliphatic heterocycles. The summed E-state index contributed by atoms with van der Waals surface area (Å²) in [6.45, 7) is 7.47. The van der Waals surface area contributed by atoms with E-state index in [-0.39, 0.29) is 11.9 Å². The maximum absolute atomic E-state index is 13.7. The van der Waals surface area contributed by atoms with Gasteiger partial charge in [-0.05, 0) is 56.9 Å². The molecule has 1 amide bonds. The number of hydrogen-bond donors (Lipinski definition) is 1. The molecule has 8 nitrogen and oxygen atoms in total. The number of anilines is 1. The van der Waals surface area contributed by atoms with Crippen molar-refractivity contribution in [1.82, 2.24) is 30.1 Å². The van der Waals surface area contributed by atoms with Crippen LogP contribution in [0.4, 0.5) is 5.82 Å². The van der Waals surface area contributed by atoms with Gasteiger partial charge in [0.1, 0.15) is 5.82 Å². The van der Waals surface area contributed by atoms with Crippen LogP contribution < -0.4 is 5.32 Å². The lowest BCUT2D eigenvalue weighted by Gasteiger charge is -2.40. The molecule has 8 heteroatoms. The normalized spacial score (nSPS) is 19.0. The highest BCUT2D eigenvalue weighted by molar-refractivity contribution is 5.98. The van der Waals surface area contributed by atoms with Crippen molar-refractivity contribution in [1.29, 1.82) is 0 Å². The Labute approximate surface area is 176 Å². The molecular weight excluding hydrogens is 378 g/mol. The molecule has 1 saturated heterocycles. The summed E-state index contributed by atoms with van der Waals surface area (Å²) in [5.74, 6) is 1.12. The maximum Gasteiger partial charge on any atom is 0.256 e. The molecule has 0 unspecified atom stereocenters. The molecule has 1 fully saturated rings. The predicted molar refractivity (Wildman–Crippen MR) is 115 cm³/mol. The molecule has 30 heavy (non-hydrogen) atoms. The van der Waals surface area contributed by atoms with Crippen LogP contribution in [0.3, 0.4) is 0 Å². The van der Waals surface area contributed by atoms with Crippen molar-refractivity contribution in [3.63, 3.8) is 0 Å². The number of nitrogens with zero attached hydrogens (tertiary/aromatic N) is 6. The topological polar surface area (TPSA) is 88.8 Å². The zero-order chi connectivity index (χ0) is 21.1. The molecule has 2 aromatic heterocycles. The van der Waals surface area contributed by atoms with Gasteiger partial charge in [0.05, 0.1) is 35.4 Å². The SMILES string of the molecule is Cc1ccc(-n2nccn2)c(C(=O)N2CCC[C@@H](C)[C@H]2CNc2ccc(C)nn2)c1. The summed E-state index contributed by atoms with van der Waals surface area (Å²) in [7, 11) is 0. The van der Waals surface area contributed by atoms with E-state index < -0.39 is 0 Å². The van der Waals surface area contributed by atoms with Crippen LogP contribution in [-0.4, -0.2) is 55.1 Å². The van der Waals surface area contributed by atoms with Crippen molar-refractivity contribution in [2.45, 2.75) is 39.7 Å². The summed E-state index contributed by atoms with van der Waals surface area (Å²) in [4.78, 5) is 17.2. The zero-order valence-corrected chi connectivity index (χ0v) is 17.6. The third kappa shape index (κ3) is 4.17. The van der Waals surface area contributed by atoms with Crippen LogP contribution in [0.15, 0.2) is 42.7 Å². The number of rotatable bonds is 5. The number of amides is 1. The van der Waals surface area contributed by atoms with E-state index in [1.807, 2.05) is 49.1 Å². The standard InChI is InChI=1S/C22H27N7O/c1-15-6-8-19(29-24-10-11-25-29)18(13-15)22(30)28-12-4-5-16(2)20(28)14-23-21-9-7-17(3)26-27-21/h6-11,13,16,20H,4-5,12,14H2,1-3H3,(H,23,27)/t16-,20-/m1/s1. The Bertz CT molecular complexity index is 1000. The summed E-state index contributed by atoms with van der Waals surface area (Å²) in [5, 5.41) is 20.1. The lowest BCUT2D eigenvalue weighted by molar-refractivity contribution is 0.0539. The first-order valence-corrected chi connectivity index (χ1v) is 10.4. The van der Waals surface area contributed by atoms with Gasteiger partial charge in [0.2, 0.25) is 0 Å². The van der Waals surface area contributed by atoms with Crippen molar-refractivity contribution < 1.29 is 4.79 Å². The molecule has 0 spiro atoms. The van der Waals surface area contributed by atoms with Crippen molar-refractivity contribution in [3.8, 4) is 5.69 Å². The van der Waals surface area contributed by atoms with Crippen molar-refractivity contribution in [3.05, 3.63) is 59.5 Å². The third-order valence-corrected chi connectivity index (χ3v) is 5.68. The van der Waals surface area contributed by atoms with E-state index in [2.05, 4.69) is 32.6 Å². The zero-order valence-electron chi connectivity index (χ0n) is 17.6. The molecule has 0 bridgehead atoms. The van der Waals surface area contributed by atoms with E-state index >= 15 is 0 Å². The van der Waals surface area contributed by atoms with Gasteiger partial charge >= 0.3 is 0 Å². The van der Waals surface area contributed by atoms with Gasteiger partial charge < -0.3 is 10.2 Å². The fraction of sp³-hybridized carbons (Fsp3) is 0.409. The Hall–Kier alpha value is -3.29. The largest absolute Gasteiger partial charge is 0.367 e. The molecule has 0 radical (unpaired) electrons. The van der Waals surface area contributed by atoms with Crippen LogP contribution in [0.25, 0.3) is 5.69 Å². The van der Waals surface area contributed by atoms with Gasteiger partial charge in [-0.1, -0.05) is 18.6 Å². The van der Waals surface area contributed by atoms with Gasteiger partial charge in [0, 0.05) is 13.1 Å². The molecule has 1 aliphatic rings. The second-order valence-electron chi connectivity index (χ2n) is 7.97. The van der Waals surface area contributed by atoms with Gasteiger partial charge in [-0.25, -0.2) is 0 Å². The molecule has 1 N–H and O–H groups in total. The van der Waals surface area contributed by atoms with Gasteiger partial charge in [-0.15, -0.1) is 5.10 Å². The van der Waals surface area contributed by atoms with Crippen LogP contribution in [-0.2, 0) is 0 Å². The van der Waals surface area contributed by atoms with Crippen LogP contribution in [0.2, 0.25) is 0 Å². The minimum Gasteiger partial charge on any atom is -0.367 e. The van der Waals surface area contributed by atoms with Crippen LogP contribution >= 0.6 is 0 Å². The Kier molecular flexibility index (Phi) is 5.74. The highest BCUT2D eigenvalue weighted by Gasteiger charge is 2.33. The number of carbonyl (C=O) groups is 1. The highest BCUT2D eigenvalue weighted by atomic mass is 16.2. The second-order valence-corrected chi connectivity index (χ2v) is 7.97. The molecule has 3 aromatic rings. The van der Waals surface area contributed by atoms with Crippen molar-refractivity contribution in [2.24, 2.45) is 5.92 Å². The van der Waals surface area contributed by atoms with E-state index in [9.17, 15) is 4.79 Å². The average Bonchev–Trinajstić information content (AvgIpc) is 3.28. The number of hydrogen-bond acceptors (Lipinski definition) is 6. The van der Waals surface area contributed by atoms with E-state index in [4.69, 9.17) is 0 Å². The monoisotopic (exact) mass is 405 g/mol. The van der Waals surface area contributed by atoms with E-state index in [1.165, 1.54) is 4.80 Å². The summed E-state index contributed by atoms with van der Waals surface area (Å²) in [6, 6.07) is 9.72. The van der Waals surface area contributed by atoms with Crippen molar-refractivity contribution in [2.75, 3.05) is 18.4 Å². The molecule has 0 saturated carbocycles. The molecular formula is C22H27N7O. The first-order valence-electron chi connectivity index (χ1n) is 10.4. The predicted octanol–water partition coefficient (Wildman–Crippen LogP) is 3.03. The van der Waals surface area contributed by atoms with E-state index in [1.54, 1.807) is 12.4 Å². The van der Waals surface area contributed by atoms with Crippen LogP contribution in [0, 0.1) is 19.8 Å². The minimum atomic E-state index is 0.0133. The molecule has 2 atom stereocenters. The van der Waals surface area contributed by atoms with E-state index in [0.29, 0.717) is 23.7 Å². The third-order valence-electron chi connectivity index (χ3n) is 5.68. The van der Waals surface area contributed by atoms with Crippen LogP contribution in [0.1, 0.15) is 41.4 Å². The van der Waals surface area contributed by atoms with Gasteiger partial charge in [0.15, 0.2) is 0 Å². The van der Waals surface area contributed by atoms with Gasteiger partial charge in [0.25, 0.3) is 5.91 Å². The lowest BCUT2D eigenvalue weighted by Crippen LogP contribution is -2.51. The van der Waals surface area contributed by atoms with E-state index in [0.717, 1.165) is 36.5 Å². The average molecular weight is 406 g/mol. The number of nitrogens with one attached hydrogen (secondary N) is 1.